The molecule has 0 aliphatic rings. The summed E-state index contributed by atoms with van der Waals surface area (Å²) in [6.45, 7) is 8.38. The second-order valence-corrected chi connectivity index (χ2v) is 2.92. The Morgan fingerprint density at radius 2 is 2.00 bits per heavy atom. The van der Waals surface area contributed by atoms with E-state index in [4.69, 9.17) is 5.41 Å². The number of hydrogen-bond acceptors (Lipinski definition) is 1. The topological polar surface area (TPSA) is 23.9 Å². The van der Waals surface area contributed by atoms with Crippen molar-refractivity contribution in [3.63, 3.8) is 0 Å². The lowest BCUT2D eigenvalue weighted by Gasteiger charge is -2.03. The van der Waals surface area contributed by atoms with E-state index in [1.807, 2.05) is 13.0 Å². The molecule has 0 aromatic heterocycles. The van der Waals surface area contributed by atoms with Crippen molar-refractivity contribution in [1.82, 2.24) is 0 Å². The van der Waals surface area contributed by atoms with E-state index in [2.05, 4.69) is 20.8 Å². The molecule has 1 heteroatoms. The fourth-order valence-corrected chi connectivity index (χ4v) is 0.544. The average Bonchev–Trinajstić information content (AvgIpc) is 1.87. The van der Waals surface area contributed by atoms with Gasteiger partial charge >= 0.3 is 0 Å². The van der Waals surface area contributed by atoms with E-state index in [1.165, 1.54) is 5.57 Å². The Bertz CT molecular complexity index is 143. The molecule has 0 heterocycles. The first-order chi connectivity index (χ1) is 4.57. The average molecular weight is 139 g/mol. The molecular formula is C9H17N. The molecular weight excluding hydrogens is 122 g/mol. The molecule has 1 nitrogen and oxygen atoms in total. The van der Waals surface area contributed by atoms with E-state index in [0.717, 1.165) is 12.1 Å². The van der Waals surface area contributed by atoms with Gasteiger partial charge in [-0.15, -0.1) is 0 Å². The quantitative estimate of drug-likeness (QED) is 0.581. The molecule has 0 spiro atoms. The van der Waals surface area contributed by atoms with E-state index in [0.29, 0.717) is 5.92 Å². The lowest BCUT2D eigenvalue weighted by Crippen LogP contribution is -1.94. The molecule has 1 N–H and O–H groups in total. The summed E-state index contributed by atoms with van der Waals surface area (Å²) in [6.07, 6.45) is 2.80. The molecule has 58 valence electrons. The number of nitrogens with one attached hydrogen (secondary N) is 1. The van der Waals surface area contributed by atoms with Crippen LogP contribution in [0, 0.1) is 11.3 Å². The summed E-state index contributed by atoms with van der Waals surface area (Å²) in [7, 11) is 0. The van der Waals surface area contributed by atoms with Gasteiger partial charge in [0.05, 0.1) is 0 Å². The molecule has 0 aromatic rings. The van der Waals surface area contributed by atoms with E-state index >= 15 is 0 Å². The summed E-state index contributed by atoms with van der Waals surface area (Å²) < 4.78 is 0. The maximum absolute atomic E-state index is 7.38. The summed E-state index contributed by atoms with van der Waals surface area (Å²) in [5, 5.41) is 7.38. The van der Waals surface area contributed by atoms with Crippen molar-refractivity contribution in [2.24, 2.45) is 5.92 Å². The Balaban J connectivity index is 4.03. The predicted molar refractivity (Wildman–Crippen MR) is 46.6 cm³/mol. The van der Waals surface area contributed by atoms with Gasteiger partial charge in [-0.05, 0) is 25.3 Å². The Morgan fingerprint density at radius 1 is 1.50 bits per heavy atom. The summed E-state index contributed by atoms with van der Waals surface area (Å²) in [6, 6.07) is 0. The maximum Gasteiger partial charge on any atom is 0.0310 e. The van der Waals surface area contributed by atoms with Gasteiger partial charge in [0.15, 0.2) is 0 Å². The van der Waals surface area contributed by atoms with Crippen LogP contribution in [0.1, 0.15) is 34.1 Å². The zero-order chi connectivity index (χ0) is 8.15. The van der Waals surface area contributed by atoms with Gasteiger partial charge in [0.25, 0.3) is 0 Å². The van der Waals surface area contributed by atoms with E-state index in [9.17, 15) is 0 Å². The van der Waals surface area contributed by atoms with Crippen LogP contribution >= 0.6 is 0 Å². The molecule has 0 unspecified atom stereocenters. The van der Waals surface area contributed by atoms with Gasteiger partial charge in [0, 0.05) is 5.71 Å². The monoisotopic (exact) mass is 139 g/mol. The maximum atomic E-state index is 7.38. The van der Waals surface area contributed by atoms with Crippen LogP contribution in [0.4, 0.5) is 0 Å². The van der Waals surface area contributed by atoms with Crippen LogP contribution in [-0.4, -0.2) is 5.71 Å². The fourth-order valence-electron chi connectivity index (χ4n) is 0.544. The SMILES string of the molecule is CCC(=N)/C=C(\C)C(C)C. The fraction of sp³-hybridized carbons (Fsp3) is 0.667. The summed E-state index contributed by atoms with van der Waals surface area (Å²) in [4.78, 5) is 0. The molecule has 0 saturated carbocycles. The lowest BCUT2D eigenvalue weighted by atomic mass is 10.0. The zero-order valence-corrected chi connectivity index (χ0v) is 7.36. The molecule has 0 bridgehead atoms. The van der Waals surface area contributed by atoms with Crippen molar-refractivity contribution in [2.45, 2.75) is 34.1 Å². The van der Waals surface area contributed by atoms with Crippen LogP contribution < -0.4 is 0 Å². The minimum Gasteiger partial charge on any atom is -0.305 e. The standard InChI is InChI=1S/C9H17N/c1-5-9(10)6-8(4)7(2)3/h6-7,10H,5H2,1-4H3/b8-6+,10-9?. The second-order valence-electron chi connectivity index (χ2n) is 2.92. The summed E-state index contributed by atoms with van der Waals surface area (Å²) >= 11 is 0. The van der Waals surface area contributed by atoms with E-state index in [1.54, 1.807) is 0 Å². The lowest BCUT2D eigenvalue weighted by molar-refractivity contribution is 0.770. The second kappa shape index (κ2) is 4.26. The molecule has 0 amide bonds. The number of allylic oxidation sites excluding steroid dienone is 2. The molecule has 0 fully saturated rings. The van der Waals surface area contributed by atoms with Crippen LogP contribution in [0.3, 0.4) is 0 Å². The first kappa shape index (κ1) is 9.41. The van der Waals surface area contributed by atoms with Gasteiger partial charge in [0.1, 0.15) is 0 Å². The number of hydrogen-bond donors (Lipinski definition) is 1. The van der Waals surface area contributed by atoms with Crippen molar-refractivity contribution in [2.75, 3.05) is 0 Å². The molecule has 0 aliphatic carbocycles. The minimum atomic E-state index is 0.576. The van der Waals surface area contributed by atoms with Gasteiger partial charge in [-0.3, -0.25) is 0 Å². The highest BCUT2D eigenvalue weighted by Gasteiger charge is 1.96. The molecule has 0 aromatic carbocycles. The van der Waals surface area contributed by atoms with Crippen LogP contribution in [0.15, 0.2) is 11.6 Å². The first-order valence-corrected chi connectivity index (χ1v) is 3.83. The normalized spacial score (nSPS) is 12.3. The van der Waals surface area contributed by atoms with Crippen LogP contribution in [0.5, 0.6) is 0 Å². The highest BCUT2D eigenvalue weighted by molar-refractivity contribution is 5.92. The molecule has 0 radical (unpaired) electrons. The van der Waals surface area contributed by atoms with E-state index in [-0.39, 0.29) is 0 Å². The van der Waals surface area contributed by atoms with Gasteiger partial charge in [-0.2, -0.15) is 0 Å². The third-order valence-electron chi connectivity index (χ3n) is 1.69. The van der Waals surface area contributed by atoms with Gasteiger partial charge in [0.2, 0.25) is 0 Å². The third kappa shape index (κ3) is 3.44. The molecule has 0 atom stereocenters. The van der Waals surface area contributed by atoms with E-state index < -0.39 is 0 Å². The molecule has 0 rings (SSSR count). The van der Waals surface area contributed by atoms with Crippen molar-refractivity contribution >= 4 is 5.71 Å². The smallest absolute Gasteiger partial charge is 0.0310 e. The molecule has 0 aliphatic heterocycles. The van der Waals surface area contributed by atoms with Crippen molar-refractivity contribution in [3.8, 4) is 0 Å². The number of rotatable bonds is 3. The van der Waals surface area contributed by atoms with Crippen molar-refractivity contribution < 1.29 is 0 Å². The largest absolute Gasteiger partial charge is 0.305 e. The van der Waals surface area contributed by atoms with Gasteiger partial charge < -0.3 is 5.41 Å². The minimum absolute atomic E-state index is 0.576. The Morgan fingerprint density at radius 3 is 2.30 bits per heavy atom. The highest BCUT2D eigenvalue weighted by Crippen LogP contribution is 2.07. The summed E-state index contributed by atoms with van der Waals surface area (Å²) in [5.74, 6) is 0.576. The summed E-state index contributed by atoms with van der Waals surface area (Å²) in [5.41, 5.74) is 2.03. The Kier molecular flexibility index (Phi) is 4.01. The Hall–Kier alpha value is -0.590. The third-order valence-corrected chi connectivity index (χ3v) is 1.69. The van der Waals surface area contributed by atoms with Crippen LogP contribution in [0.2, 0.25) is 0 Å². The van der Waals surface area contributed by atoms with Crippen LogP contribution in [0.25, 0.3) is 0 Å². The van der Waals surface area contributed by atoms with Gasteiger partial charge in [-0.1, -0.05) is 26.3 Å². The first-order valence-electron chi connectivity index (χ1n) is 3.83. The van der Waals surface area contributed by atoms with Gasteiger partial charge in [-0.25, -0.2) is 0 Å². The Labute approximate surface area is 63.7 Å². The molecule has 0 saturated heterocycles. The van der Waals surface area contributed by atoms with Crippen molar-refractivity contribution in [3.05, 3.63) is 11.6 Å². The molecule has 10 heavy (non-hydrogen) atoms. The van der Waals surface area contributed by atoms with Crippen molar-refractivity contribution in [1.29, 1.82) is 5.41 Å². The highest BCUT2D eigenvalue weighted by atomic mass is 14.4. The van der Waals surface area contributed by atoms with Crippen LogP contribution in [-0.2, 0) is 0 Å². The zero-order valence-electron chi connectivity index (χ0n) is 7.36. The predicted octanol–water partition coefficient (Wildman–Crippen LogP) is 3.02.